The molecule has 6 heteroatoms. The molecule has 1 atom stereocenters. The van der Waals surface area contributed by atoms with Gasteiger partial charge in [0.2, 0.25) is 5.91 Å². The van der Waals surface area contributed by atoms with Crippen molar-refractivity contribution in [1.82, 2.24) is 10.2 Å². The zero-order valence-corrected chi connectivity index (χ0v) is 16.3. The van der Waals surface area contributed by atoms with E-state index in [1.807, 2.05) is 19.1 Å². The lowest BCUT2D eigenvalue weighted by atomic mass is 9.77. The predicted molar refractivity (Wildman–Crippen MR) is 106 cm³/mol. The molecular weight excluding hydrogens is 376 g/mol. The summed E-state index contributed by atoms with van der Waals surface area (Å²) in [5.74, 6) is -0.805. The number of imide groups is 1. The number of aryl methyl sites for hydroxylation is 1. The van der Waals surface area contributed by atoms with Crippen LogP contribution in [0.15, 0.2) is 42.5 Å². The number of benzene rings is 2. The fraction of sp³-hybridized carbons (Fsp3) is 0.318. The number of hydrogen-bond donors (Lipinski definition) is 1. The maximum absolute atomic E-state index is 12.7. The quantitative estimate of drug-likeness (QED) is 0.779. The van der Waals surface area contributed by atoms with Gasteiger partial charge >= 0.3 is 0 Å². The highest BCUT2D eigenvalue weighted by Crippen LogP contribution is 2.38. The first-order chi connectivity index (χ1) is 13.4. The predicted octanol–water partition coefficient (Wildman–Crippen LogP) is 3.90. The molecule has 1 aliphatic carbocycles. The molecule has 2 aromatic rings. The summed E-state index contributed by atoms with van der Waals surface area (Å²) >= 11 is 5.98. The molecule has 5 nitrogen and oxygen atoms in total. The van der Waals surface area contributed by atoms with E-state index in [2.05, 4.69) is 5.32 Å². The Morgan fingerprint density at radius 3 is 2.43 bits per heavy atom. The van der Waals surface area contributed by atoms with Crippen LogP contribution in [0.25, 0.3) is 0 Å². The number of nitrogens with zero attached hydrogens (tertiary/aromatic N) is 1. The molecule has 0 spiro atoms. The first kappa shape index (κ1) is 18.7. The molecule has 0 saturated heterocycles. The summed E-state index contributed by atoms with van der Waals surface area (Å²) < 4.78 is 0. The van der Waals surface area contributed by atoms with Crippen molar-refractivity contribution in [2.75, 3.05) is 6.54 Å². The molecule has 1 fully saturated rings. The monoisotopic (exact) mass is 396 g/mol. The molecule has 2 aliphatic rings. The van der Waals surface area contributed by atoms with Gasteiger partial charge in [-0.15, -0.1) is 0 Å². The fourth-order valence-electron chi connectivity index (χ4n) is 3.83. The van der Waals surface area contributed by atoms with Crippen LogP contribution in [0.2, 0.25) is 5.02 Å². The first-order valence-corrected chi connectivity index (χ1v) is 9.83. The van der Waals surface area contributed by atoms with Crippen LogP contribution in [0.1, 0.15) is 57.1 Å². The summed E-state index contributed by atoms with van der Waals surface area (Å²) in [6.07, 6.45) is 3.22. The maximum atomic E-state index is 12.7. The lowest BCUT2D eigenvalue weighted by molar-refractivity contribution is -0.122. The van der Waals surface area contributed by atoms with Crippen molar-refractivity contribution in [1.29, 1.82) is 0 Å². The average molecular weight is 397 g/mol. The Balaban J connectivity index is 1.49. The number of hydrogen-bond acceptors (Lipinski definition) is 3. The molecule has 0 radical (unpaired) electrons. The van der Waals surface area contributed by atoms with E-state index in [-0.39, 0.29) is 18.5 Å². The van der Waals surface area contributed by atoms with E-state index in [1.54, 1.807) is 30.3 Å². The Bertz CT molecular complexity index is 951. The molecule has 1 saturated carbocycles. The number of halogens is 1. The molecule has 144 valence electrons. The van der Waals surface area contributed by atoms with Crippen LogP contribution in [0, 0.1) is 12.8 Å². The normalized spacial score (nSPS) is 17.3. The minimum atomic E-state index is -0.415. The van der Waals surface area contributed by atoms with E-state index in [0.29, 0.717) is 22.1 Å². The summed E-state index contributed by atoms with van der Waals surface area (Å²) in [4.78, 5) is 38.9. The lowest BCUT2D eigenvalue weighted by Gasteiger charge is -2.35. The van der Waals surface area contributed by atoms with Crippen molar-refractivity contribution < 1.29 is 14.4 Å². The van der Waals surface area contributed by atoms with Crippen LogP contribution in [0.4, 0.5) is 0 Å². The highest BCUT2D eigenvalue weighted by molar-refractivity contribution is 6.30. The van der Waals surface area contributed by atoms with E-state index in [4.69, 9.17) is 11.6 Å². The summed E-state index contributed by atoms with van der Waals surface area (Å²) in [7, 11) is 0. The van der Waals surface area contributed by atoms with Crippen LogP contribution in [-0.2, 0) is 4.79 Å². The molecule has 28 heavy (non-hydrogen) atoms. The summed E-state index contributed by atoms with van der Waals surface area (Å²) in [6, 6.07) is 12.4. The van der Waals surface area contributed by atoms with Gasteiger partial charge < -0.3 is 5.32 Å². The Kier molecular flexibility index (Phi) is 4.94. The summed E-state index contributed by atoms with van der Waals surface area (Å²) in [5, 5.41) is 3.68. The molecule has 0 bridgehead atoms. The van der Waals surface area contributed by atoms with Crippen molar-refractivity contribution in [3.63, 3.8) is 0 Å². The third kappa shape index (κ3) is 3.42. The average Bonchev–Trinajstić information content (AvgIpc) is 2.85. The van der Waals surface area contributed by atoms with Gasteiger partial charge in [0.15, 0.2) is 0 Å². The van der Waals surface area contributed by atoms with Crippen LogP contribution in [0.3, 0.4) is 0 Å². The second kappa shape index (κ2) is 7.40. The fourth-order valence-corrected chi connectivity index (χ4v) is 3.95. The van der Waals surface area contributed by atoms with Gasteiger partial charge in [0.25, 0.3) is 11.8 Å². The molecule has 4 rings (SSSR count). The standard InChI is InChI=1S/C22H21ClN2O3/c1-13-5-10-17-18(11-13)22(28)25(21(17)27)12-19(26)24-20(14-3-2-4-14)15-6-8-16(23)9-7-15/h5-11,14,20H,2-4,12H2,1H3,(H,24,26). The van der Waals surface area contributed by atoms with Gasteiger partial charge in [-0.25, -0.2) is 0 Å². The Morgan fingerprint density at radius 1 is 1.11 bits per heavy atom. The van der Waals surface area contributed by atoms with Crippen molar-refractivity contribution in [2.24, 2.45) is 5.92 Å². The number of carbonyl (C=O) groups is 3. The number of fused-ring (bicyclic) bond motifs is 1. The number of rotatable bonds is 5. The Labute approximate surface area is 168 Å². The number of amides is 3. The third-order valence-electron chi connectivity index (χ3n) is 5.59. The molecule has 1 heterocycles. The largest absolute Gasteiger partial charge is 0.347 e. The van der Waals surface area contributed by atoms with Crippen LogP contribution >= 0.6 is 11.6 Å². The second-order valence-corrected chi connectivity index (χ2v) is 7.97. The minimum absolute atomic E-state index is 0.143. The highest BCUT2D eigenvalue weighted by atomic mass is 35.5. The second-order valence-electron chi connectivity index (χ2n) is 7.53. The minimum Gasteiger partial charge on any atom is -0.347 e. The van der Waals surface area contributed by atoms with Crippen LogP contribution in [-0.4, -0.2) is 29.2 Å². The Hall–Kier alpha value is -2.66. The SMILES string of the molecule is Cc1ccc2c(c1)C(=O)N(CC(=O)NC(c1ccc(Cl)cc1)C1CCC1)C2=O. The van der Waals surface area contributed by atoms with Crippen molar-refractivity contribution in [3.05, 3.63) is 69.7 Å². The van der Waals surface area contributed by atoms with E-state index >= 15 is 0 Å². The highest BCUT2D eigenvalue weighted by Gasteiger charge is 2.37. The molecule has 1 N–H and O–H groups in total. The molecule has 1 unspecified atom stereocenters. The molecule has 3 amide bonds. The van der Waals surface area contributed by atoms with Gasteiger partial charge in [0.05, 0.1) is 17.2 Å². The first-order valence-electron chi connectivity index (χ1n) is 9.45. The summed E-state index contributed by atoms with van der Waals surface area (Å²) in [6.45, 7) is 1.59. The molecule has 1 aliphatic heterocycles. The summed E-state index contributed by atoms with van der Waals surface area (Å²) in [5.41, 5.74) is 2.61. The zero-order chi connectivity index (χ0) is 19.8. The van der Waals surface area contributed by atoms with Gasteiger partial charge in [-0.05, 0) is 55.5 Å². The van der Waals surface area contributed by atoms with Crippen LogP contribution in [0.5, 0.6) is 0 Å². The van der Waals surface area contributed by atoms with Crippen molar-refractivity contribution >= 4 is 29.3 Å². The van der Waals surface area contributed by atoms with E-state index in [1.165, 1.54) is 0 Å². The zero-order valence-electron chi connectivity index (χ0n) is 15.6. The number of carbonyl (C=O) groups excluding carboxylic acids is 3. The molecular formula is C22H21ClN2O3. The van der Waals surface area contributed by atoms with Crippen molar-refractivity contribution in [3.8, 4) is 0 Å². The van der Waals surface area contributed by atoms with Gasteiger partial charge in [0, 0.05) is 5.02 Å². The van der Waals surface area contributed by atoms with E-state index in [0.717, 1.165) is 35.3 Å². The van der Waals surface area contributed by atoms with E-state index in [9.17, 15) is 14.4 Å². The van der Waals surface area contributed by atoms with Crippen molar-refractivity contribution in [2.45, 2.75) is 32.2 Å². The number of nitrogens with one attached hydrogen (secondary N) is 1. The third-order valence-corrected chi connectivity index (χ3v) is 5.85. The van der Waals surface area contributed by atoms with Gasteiger partial charge in [-0.1, -0.05) is 41.8 Å². The Morgan fingerprint density at radius 2 is 1.79 bits per heavy atom. The van der Waals surface area contributed by atoms with Gasteiger partial charge in [-0.2, -0.15) is 0 Å². The van der Waals surface area contributed by atoms with Gasteiger partial charge in [0.1, 0.15) is 6.54 Å². The van der Waals surface area contributed by atoms with Crippen LogP contribution < -0.4 is 5.32 Å². The smallest absolute Gasteiger partial charge is 0.262 e. The molecule has 0 aromatic heterocycles. The van der Waals surface area contributed by atoms with Gasteiger partial charge in [-0.3, -0.25) is 19.3 Å². The topological polar surface area (TPSA) is 66.5 Å². The lowest BCUT2D eigenvalue weighted by Crippen LogP contribution is -2.43. The maximum Gasteiger partial charge on any atom is 0.262 e. The molecule has 2 aromatic carbocycles. The van der Waals surface area contributed by atoms with E-state index < -0.39 is 11.8 Å².